The van der Waals surface area contributed by atoms with Crippen LogP contribution in [0.3, 0.4) is 0 Å². The third-order valence-electron chi connectivity index (χ3n) is 4.38. The Bertz CT molecular complexity index is 1120. The molecule has 0 bridgehead atoms. The minimum atomic E-state index is -0.105. The second-order valence-electron chi connectivity index (χ2n) is 6.53. The van der Waals surface area contributed by atoms with Crippen LogP contribution in [0.1, 0.15) is 26.4 Å². The van der Waals surface area contributed by atoms with E-state index in [0.29, 0.717) is 12.1 Å². The summed E-state index contributed by atoms with van der Waals surface area (Å²) in [6.45, 7) is 4.53. The number of benzene rings is 1. The number of thiophene rings is 1. The maximum atomic E-state index is 13.0. The van der Waals surface area contributed by atoms with E-state index in [2.05, 4.69) is 29.4 Å². The first-order chi connectivity index (χ1) is 13.1. The molecule has 0 aliphatic carbocycles. The highest BCUT2D eigenvalue weighted by molar-refractivity contribution is 7.15. The second kappa shape index (κ2) is 7.29. The number of fused-ring (bicyclic) bond motifs is 1. The molecule has 4 rings (SSSR count). The maximum Gasteiger partial charge on any atom is 0.252 e. The zero-order valence-corrected chi connectivity index (χ0v) is 16.0. The Hall–Kier alpha value is -3.05. The highest BCUT2D eigenvalue weighted by Gasteiger charge is 2.15. The molecule has 0 radical (unpaired) electrons. The number of hydrogen-bond acceptors (Lipinski definition) is 4. The number of hydrogen-bond donors (Lipinski definition) is 1. The van der Waals surface area contributed by atoms with Crippen LogP contribution in [0.2, 0.25) is 0 Å². The Kier molecular flexibility index (Phi) is 4.69. The van der Waals surface area contributed by atoms with Crippen molar-refractivity contribution in [3.8, 4) is 10.6 Å². The lowest BCUT2D eigenvalue weighted by Crippen LogP contribution is -2.23. The number of aromatic nitrogens is 2. The van der Waals surface area contributed by atoms with Crippen LogP contribution >= 0.6 is 11.3 Å². The molecular weight excluding hydrogens is 354 g/mol. The molecule has 1 aromatic carbocycles. The van der Waals surface area contributed by atoms with Crippen LogP contribution in [0.4, 0.5) is 0 Å². The van der Waals surface area contributed by atoms with Crippen LogP contribution in [0.25, 0.3) is 21.5 Å². The number of carbonyl (C=O) groups is 1. The van der Waals surface area contributed by atoms with Crippen LogP contribution < -0.4 is 5.32 Å². The van der Waals surface area contributed by atoms with Gasteiger partial charge >= 0.3 is 0 Å². The van der Waals surface area contributed by atoms with Gasteiger partial charge in [-0.15, -0.1) is 11.3 Å². The molecule has 0 aliphatic rings. The number of nitrogens with zero attached hydrogens (tertiary/aromatic N) is 2. The maximum absolute atomic E-state index is 13.0. The zero-order valence-electron chi connectivity index (χ0n) is 15.2. The molecule has 4 aromatic rings. The van der Waals surface area contributed by atoms with Crippen LogP contribution in [-0.4, -0.2) is 15.9 Å². The van der Waals surface area contributed by atoms with Crippen LogP contribution in [0.15, 0.2) is 60.9 Å². The molecule has 0 fully saturated rings. The van der Waals surface area contributed by atoms with Crippen molar-refractivity contribution in [2.45, 2.75) is 20.4 Å². The van der Waals surface area contributed by atoms with Crippen molar-refractivity contribution in [2.24, 2.45) is 0 Å². The molecule has 0 atom stereocenters. The Morgan fingerprint density at radius 1 is 1.11 bits per heavy atom. The molecule has 0 saturated carbocycles. The first-order valence-electron chi connectivity index (χ1n) is 8.75. The number of amides is 1. The van der Waals surface area contributed by atoms with E-state index >= 15 is 0 Å². The van der Waals surface area contributed by atoms with Crippen molar-refractivity contribution in [1.82, 2.24) is 15.3 Å². The Morgan fingerprint density at radius 3 is 2.74 bits per heavy atom. The summed E-state index contributed by atoms with van der Waals surface area (Å²) in [7, 11) is 0. The molecule has 5 heteroatoms. The summed E-state index contributed by atoms with van der Waals surface area (Å²) in [6, 6.07) is 15.9. The van der Waals surface area contributed by atoms with Crippen molar-refractivity contribution in [3.63, 3.8) is 0 Å². The highest BCUT2D eigenvalue weighted by atomic mass is 32.1. The quantitative estimate of drug-likeness (QED) is 0.553. The van der Waals surface area contributed by atoms with Gasteiger partial charge in [-0.25, -0.2) is 4.98 Å². The molecule has 0 spiro atoms. The third-order valence-corrected chi connectivity index (χ3v) is 5.40. The molecule has 1 N–H and O–H groups in total. The van der Waals surface area contributed by atoms with Gasteiger partial charge in [0.1, 0.15) is 0 Å². The first kappa shape index (κ1) is 17.4. The van der Waals surface area contributed by atoms with Crippen molar-refractivity contribution in [3.05, 3.63) is 82.5 Å². The minimum absolute atomic E-state index is 0.105. The second-order valence-corrected chi connectivity index (χ2v) is 7.82. The lowest BCUT2D eigenvalue weighted by atomic mass is 10.0. The molecule has 0 saturated heterocycles. The summed E-state index contributed by atoms with van der Waals surface area (Å²) in [5, 5.41) is 3.88. The van der Waals surface area contributed by atoms with Gasteiger partial charge in [0.05, 0.1) is 21.7 Å². The lowest BCUT2D eigenvalue weighted by Gasteiger charge is -2.11. The van der Waals surface area contributed by atoms with E-state index in [-0.39, 0.29) is 5.91 Å². The van der Waals surface area contributed by atoms with Crippen molar-refractivity contribution in [2.75, 3.05) is 0 Å². The molecule has 4 nitrogen and oxygen atoms in total. The van der Waals surface area contributed by atoms with E-state index in [1.807, 2.05) is 43.3 Å². The van der Waals surface area contributed by atoms with Gasteiger partial charge in [-0.1, -0.05) is 17.7 Å². The van der Waals surface area contributed by atoms with E-state index in [4.69, 9.17) is 4.98 Å². The van der Waals surface area contributed by atoms with Gasteiger partial charge in [0.2, 0.25) is 0 Å². The summed E-state index contributed by atoms with van der Waals surface area (Å²) in [6.07, 6.45) is 3.48. The fraction of sp³-hybridized carbons (Fsp3) is 0.136. The predicted octanol–water partition coefficient (Wildman–Crippen LogP) is 4.91. The number of carbonyl (C=O) groups excluding carboxylic acids is 1. The average Bonchev–Trinajstić information content (AvgIpc) is 3.12. The number of aryl methyl sites for hydroxylation is 2. The van der Waals surface area contributed by atoms with Gasteiger partial charge in [0.15, 0.2) is 0 Å². The van der Waals surface area contributed by atoms with Gasteiger partial charge in [0, 0.05) is 29.2 Å². The molecule has 3 aromatic heterocycles. The highest BCUT2D eigenvalue weighted by Crippen LogP contribution is 2.30. The van der Waals surface area contributed by atoms with Crippen LogP contribution in [0.5, 0.6) is 0 Å². The van der Waals surface area contributed by atoms with E-state index in [1.54, 1.807) is 23.7 Å². The van der Waals surface area contributed by atoms with Crippen LogP contribution in [-0.2, 0) is 6.54 Å². The van der Waals surface area contributed by atoms with E-state index in [9.17, 15) is 4.79 Å². The summed E-state index contributed by atoms with van der Waals surface area (Å²) < 4.78 is 0. The van der Waals surface area contributed by atoms with Gasteiger partial charge in [-0.05, 0) is 55.8 Å². The summed E-state index contributed by atoms with van der Waals surface area (Å²) in [5.41, 5.74) is 4.38. The topological polar surface area (TPSA) is 54.9 Å². The van der Waals surface area contributed by atoms with E-state index < -0.39 is 0 Å². The molecule has 1 amide bonds. The Balaban J connectivity index is 1.74. The lowest BCUT2D eigenvalue weighted by molar-refractivity contribution is 0.0952. The number of rotatable bonds is 4. The fourth-order valence-corrected chi connectivity index (χ4v) is 3.83. The number of pyridine rings is 2. The predicted molar refractivity (Wildman–Crippen MR) is 110 cm³/mol. The molecule has 0 aliphatic heterocycles. The van der Waals surface area contributed by atoms with Crippen molar-refractivity contribution in [1.29, 1.82) is 0 Å². The molecule has 3 heterocycles. The van der Waals surface area contributed by atoms with Gasteiger partial charge in [-0.3, -0.25) is 9.78 Å². The standard InChI is InChI=1S/C22H19N3OS/c1-14-5-7-19-17(10-14)18(11-20(25-19)21-8-6-15(2)27-21)22(26)24-13-16-4-3-9-23-12-16/h3-12H,13H2,1-2H3,(H,24,26). The molecule has 27 heavy (non-hydrogen) atoms. The average molecular weight is 373 g/mol. The molecule has 0 unspecified atom stereocenters. The first-order valence-corrected chi connectivity index (χ1v) is 9.57. The minimum Gasteiger partial charge on any atom is -0.348 e. The zero-order chi connectivity index (χ0) is 18.8. The smallest absolute Gasteiger partial charge is 0.252 e. The van der Waals surface area contributed by atoms with E-state index in [1.165, 1.54) is 4.88 Å². The normalized spacial score (nSPS) is 10.9. The fourth-order valence-electron chi connectivity index (χ4n) is 3.01. The van der Waals surface area contributed by atoms with E-state index in [0.717, 1.165) is 32.6 Å². The molecule has 134 valence electrons. The van der Waals surface area contributed by atoms with Gasteiger partial charge in [-0.2, -0.15) is 0 Å². The molecular formula is C22H19N3OS. The number of nitrogens with one attached hydrogen (secondary N) is 1. The Morgan fingerprint density at radius 2 is 2.00 bits per heavy atom. The monoisotopic (exact) mass is 373 g/mol. The van der Waals surface area contributed by atoms with Crippen LogP contribution in [0, 0.1) is 13.8 Å². The summed E-state index contributed by atoms with van der Waals surface area (Å²) >= 11 is 1.68. The van der Waals surface area contributed by atoms with Gasteiger partial charge < -0.3 is 5.32 Å². The third kappa shape index (κ3) is 3.73. The van der Waals surface area contributed by atoms with Gasteiger partial charge in [0.25, 0.3) is 5.91 Å². The SMILES string of the molecule is Cc1ccc2nc(-c3ccc(C)s3)cc(C(=O)NCc3cccnc3)c2c1. The summed E-state index contributed by atoms with van der Waals surface area (Å²) in [4.78, 5) is 24.1. The van der Waals surface area contributed by atoms with Crippen molar-refractivity contribution >= 4 is 28.1 Å². The largest absolute Gasteiger partial charge is 0.348 e. The summed E-state index contributed by atoms with van der Waals surface area (Å²) in [5.74, 6) is -0.105. The van der Waals surface area contributed by atoms with Crippen molar-refractivity contribution < 1.29 is 4.79 Å². The Labute approximate surface area is 161 Å².